The van der Waals surface area contributed by atoms with E-state index in [9.17, 15) is 14.4 Å². The van der Waals surface area contributed by atoms with Crippen molar-refractivity contribution in [2.24, 2.45) is 5.73 Å². The summed E-state index contributed by atoms with van der Waals surface area (Å²) < 4.78 is 0. The Morgan fingerprint density at radius 2 is 1.93 bits per heavy atom. The van der Waals surface area contributed by atoms with Gasteiger partial charge in [-0.2, -0.15) is 0 Å². The molecule has 0 aliphatic carbocycles. The number of nitrogens with two attached hydrogens (primary N) is 1. The van der Waals surface area contributed by atoms with E-state index in [2.05, 4.69) is 15.5 Å². The van der Waals surface area contributed by atoms with Gasteiger partial charge in [-0.15, -0.1) is 0 Å². The molecule has 3 amide bonds. The van der Waals surface area contributed by atoms with Crippen LogP contribution in [0.5, 0.6) is 0 Å². The molecule has 0 spiro atoms. The first-order chi connectivity index (χ1) is 14.0. The Kier molecular flexibility index (Phi) is 5.94. The Bertz CT molecular complexity index is 804. The van der Waals surface area contributed by atoms with Crippen LogP contribution in [0.4, 0.5) is 0 Å². The summed E-state index contributed by atoms with van der Waals surface area (Å²) in [5.74, 6) is -0.767. The molecule has 2 fully saturated rings. The highest BCUT2D eigenvalue weighted by Gasteiger charge is 2.39. The summed E-state index contributed by atoms with van der Waals surface area (Å²) in [5, 5.41) is 5.81. The molecule has 3 aliphatic rings. The number of carbonyl (C=O) groups excluding carboxylic acids is 3. The minimum atomic E-state index is -0.563. The smallest absolute Gasteiger partial charge is 0.255 e. The molecule has 4 rings (SSSR count). The number of likely N-dealkylation sites (tertiary alicyclic amines) is 1. The third-order valence-corrected chi connectivity index (χ3v) is 6.15. The zero-order valence-corrected chi connectivity index (χ0v) is 16.7. The number of benzene rings is 1. The van der Waals surface area contributed by atoms with Crippen molar-refractivity contribution in [3.05, 3.63) is 34.9 Å². The lowest BCUT2D eigenvalue weighted by molar-refractivity contribution is -0.136. The van der Waals surface area contributed by atoms with Gasteiger partial charge in [-0.05, 0) is 49.5 Å². The summed E-state index contributed by atoms with van der Waals surface area (Å²) >= 11 is 0. The molecular formula is C21H29N5O3. The first-order valence-corrected chi connectivity index (χ1v) is 10.5. The van der Waals surface area contributed by atoms with Crippen molar-refractivity contribution in [2.45, 2.75) is 50.9 Å². The quantitative estimate of drug-likeness (QED) is 0.458. The molecule has 8 nitrogen and oxygen atoms in total. The summed E-state index contributed by atoms with van der Waals surface area (Å²) in [6.45, 7) is 5.22. The fourth-order valence-electron chi connectivity index (χ4n) is 4.38. The third-order valence-electron chi connectivity index (χ3n) is 6.15. The van der Waals surface area contributed by atoms with E-state index in [-0.39, 0.29) is 24.1 Å². The van der Waals surface area contributed by atoms with Crippen LogP contribution in [0.2, 0.25) is 0 Å². The molecule has 3 aliphatic heterocycles. The maximum absolute atomic E-state index is 12.7. The second-order valence-corrected chi connectivity index (χ2v) is 8.25. The lowest BCUT2D eigenvalue weighted by atomic mass is 10.0. The van der Waals surface area contributed by atoms with Gasteiger partial charge in [-0.25, -0.2) is 0 Å². The number of rotatable bonds is 6. The number of imide groups is 1. The van der Waals surface area contributed by atoms with Crippen molar-refractivity contribution in [1.82, 2.24) is 20.4 Å². The molecule has 1 aromatic rings. The van der Waals surface area contributed by atoms with Crippen LogP contribution in [0.1, 0.15) is 47.2 Å². The number of amides is 3. The fourth-order valence-corrected chi connectivity index (χ4v) is 4.38. The van der Waals surface area contributed by atoms with Gasteiger partial charge >= 0.3 is 0 Å². The maximum Gasteiger partial charge on any atom is 0.255 e. The van der Waals surface area contributed by atoms with Crippen LogP contribution in [-0.4, -0.2) is 65.8 Å². The predicted octanol–water partition coefficient (Wildman–Crippen LogP) is -0.0397. The third kappa shape index (κ3) is 4.49. The van der Waals surface area contributed by atoms with Crippen molar-refractivity contribution in [3.8, 4) is 0 Å². The number of piperidine rings is 2. The van der Waals surface area contributed by atoms with Crippen molar-refractivity contribution >= 4 is 17.7 Å². The minimum Gasteiger partial charge on any atom is -0.328 e. The summed E-state index contributed by atoms with van der Waals surface area (Å²) in [4.78, 5) is 40.3. The van der Waals surface area contributed by atoms with Gasteiger partial charge in [0.15, 0.2) is 0 Å². The number of carbonyl (C=O) groups is 3. The molecule has 0 aromatic heterocycles. The molecule has 1 atom stereocenters. The molecule has 8 heteroatoms. The van der Waals surface area contributed by atoms with Crippen LogP contribution in [0.25, 0.3) is 0 Å². The van der Waals surface area contributed by atoms with Gasteiger partial charge in [0, 0.05) is 44.2 Å². The Labute approximate surface area is 170 Å². The standard InChI is InChI=1S/C21H29N5O3/c22-16-5-8-25(9-6-16)10-7-23-12-14-1-2-17-15(11-14)13-26(21(17)29)18-3-4-19(27)24-20(18)28/h1-2,11,16,18,23H,3-10,12-13,22H2,(H,24,27,28). The van der Waals surface area contributed by atoms with Gasteiger partial charge in [0.05, 0.1) is 0 Å². The van der Waals surface area contributed by atoms with E-state index in [1.165, 1.54) is 0 Å². The zero-order chi connectivity index (χ0) is 20.4. The van der Waals surface area contributed by atoms with E-state index in [1.807, 2.05) is 18.2 Å². The molecule has 4 N–H and O–H groups in total. The van der Waals surface area contributed by atoms with Crippen LogP contribution < -0.4 is 16.4 Å². The SMILES string of the molecule is NC1CCN(CCNCc2ccc3c(c2)CN(C2CCC(=O)NC2=O)C3=O)CC1. The topological polar surface area (TPSA) is 108 Å². The normalized spacial score (nSPS) is 23.4. The zero-order valence-electron chi connectivity index (χ0n) is 16.7. The Morgan fingerprint density at radius 3 is 2.69 bits per heavy atom. The highest BCUT2D eigenvalue weighted by atomic mass is 16.2. The van der Waals surface area contributed by atoms with Gasteiger partial charge in [-0.3, -0.25) is 19.7 Å². The van der Waals surface area contributed by atoms with Crippen LogP contribution in [0.15, 0.2) is 18.2 Å². The fraction of sp³-hybridized carbons (Fsp3) is 0.571. The van der Waals surface area contributed by atoms with Crippen LogP contribution >= 0.6 is 0 Å². The highest BCUT2D eigenvalue weighted by Crippen LogP contribution is 2.28. The summed E-state index contributed by atoms with van der Waals surface area (Å²) in [5.41, 5.74) is 8.68. The predicted molar refractivity (Wildman–Crippen MR) is 108 cm³/mol. The van der Waals surface area contributed by atoms with Crippen molar-refractivity contribution in [2.75, 3.05) is 26.2 Å². The molecule has 2 saturated heterocycles. The van der Waals surface area contributed by atoms with Crippen molar-refractivity contribution in [1.29, 1.82) is 0 Å². The molecule has 3 heterocycles. The molecule has 29 heavy (non-hydrogen) atoms. The Morgan fingerprint density at radius 1 is 1.14 bits per heavy atom. The number of nitrogens with zero attached hydrogens (tertiary/aromatic N) is 2. The van der Waals surface area contributed by atoms with Crippen LogP contribution in [0.3, 0.4) is 0 Å². The average Bonchev–Trinajstić information content (AvgIpc) is 3.02. The maximum atomic E-state index is 12.7. The second-order valence-electron chi connectivity index (χ2n) is 8.25. The summed E-state index contributed by atoms with van der Waals surface area (Å²) in [6.07, 6.45) is 2.81. The van der Waals surface area contributed by atoms with E-state index in [1.54, 1.807) is 4.90 Å². The van der Waals surface area contributed by atoms with E-state index in [0.717, 1.165) is 56.7 Å². The summed E-state index contributed by atoms with van der Waals surface area (Å²) in [6, 6.07) is 5.66. The van der Waals surface area contributed by atoms with Gasteiger partial charge in [0.2, 0.25) is 11.8 Å². The minimum absolute atomic E-state index is 0.127. The van der Waals surface area contributed by atoms with Crippen LogP contribution in [-0.2, 0) is 22.7 Å². The second kappa shape index (κ2) is 8.61. The van der Waals surface area contributed by atoms with Gasteiger partial charge in [0.25, 0.3) is 5.91 Å². The Balaban J connectivity index is 1.29. The highest BCUT2D eigenvalue weighted by molar-refractivity contribution is 6.05. The van der Waals surface area contributed by atoms with E-state index >= 15 is 0 Å². The molecule has 156 valence electrons. The Hall–Kier alpha value is -2.29. The number of hydrogen-bond acceptors (Lipinski definition) is 6. The molecule has 0 radical (unpaired) electrons. The lowest BCUT2D eigenvalue weighted by Crippen LogP contribution is -2.52. The molecular weight excluding hydrogens is 370 g/mol. The molecule has 0 bridgehead atoms. The lowest BCUT2D eigenvalue weighted by Gasteiger charge is -2.30. The van der Waals surface area contributed by atoms with Gasteiger partial charge < -0.3 is 20.9 Å². The molecule has 0 saturated carbocycles. The van der Waals surface area contributed by atoms with Crippen LogP contribution in [0, 0.1) is 0 Å². The first kappa shape index (κ1) is 20.0. The molecule has 1 aromatic carbocycles. The van der Waals surface area contributed by atoms with E-state index in [0.29, 0.717) is 24.6 Å². The number of fused-ring (bicyclic) bond motifs is 1. The summed E-state index contributed by atoms with van der Waals surface area (Å²) in [7, 11) is 0. The average molecular weight is 399 g/mol. The van der Waals surface area contributed by atoms with Gasteiger partial charge in [-0.1, -0.05) is 12.1 Å². The number of nitrogens with one attached hydrogen (secondary N) is 2. The van der Waals surface area contributed by atoms with E-state index in [4.69, 9.17) is 5.73 Å². The molecule has 1 unspecified atom stereocenters. The first-order valence-electron chi connectivity index (χ1n) is 10.5. The van der Waals surface area contributed by atoms with Crippen molar-refractivity contribution < 1.29 is 14.4 Å². The van der Waals surface area contributed by atoms with Crippen molar-refractivity contribution in [3.63, 3.8) is 0 Å². The number of hydrogen-bond donors (Lipinski definition) is 3. The monoisotopic (exact) mass is 399 g/mol. The van der Waals surface area contributed by atoms with E-state index < -0.39 is 6.04 Å². The van der Waals surface area contributed by atoms with Gasteiger partial charge in [0.1, 0.15) is 6.04 Å². The largest absolute Gasteiger partial charge is 0.328 e.